The molecule has 0 aliphatic heterocycles. The number of nitrogens with zero attached hydrogens (tertiary/aromatic N) is 1. The fourth-order valence-electron chi connectivity index (χ4n) is 1.18. The lowest BCUT2D eigenvalue weighted by Crippen LogP contribution is -2.51. The predicted molar refractivity (Wildman–Crippen MR) is 59.1 cm³/mol. The van der Waals surface area contributed by atoms with Crippen LogP contribution in [0.5, 0.6) is 0 Å². The van der Waals surface area contributed by atoms with E-state index in [-0.39, 0.29) is 6.61 Å². The van der Waals surface area contributed by atoms with E-state index in [1.54, 1.807) is 11.4 Å². The summed E-state index contributed by atoms with van der Waals surface area (Å²) in [4.78, 5) is 0. The number of hydrogen-bond donors (Lipinski definition) is 3. The zero-order valence-corrected chi connectivity index (χ0v) is 10.3. The van der Waals surface area contributed by atoms with Gasteiger partial charge in [0.25, 0.3) is 0 Å². The molecule has 0 aliphatic carbocycles. The minimum atomic E-state index is -0.894. The predicted octanol–water partition coefficient (Wildman–Crippen LogP) is -0.249. The third kappa shape index (κ3) is 3.39. The average molecular weight is 227 g/mol. The third-order valence-electron chi connectivity index (χ3n) is 2.30. The highest BCUT2D eigenvalue weighted by Crippen LogP contribution is 2.31. The van der Waals surface area contributed by atoms with Crippen LogP contribution in [0.15, 0.2) is 0 Å². The number of aliphatic hydroxyl groups is 3. The van der Waals surface area contributed by atoms with Crippen molar-refractivity contribution in [3.63, 3.8) is 0 Å². The Labute approximate surface area is 83.8 Å². The van der Waals surface area contributed by atoms with Crippen LogP contribution in [0, 0.1) is 0 Å². The van der Waals surface area contributed by atoms with Gasteiger partial charge in [-0.05, 0) is 20.3 Å². The van der Waals surface area contributed by atoms with E-state index in [0.717, 1.165) is 0 Å². The Morgan fingerprint density at radius 3 is 2.08 bits per heavy atom. The van der Waals surface area contributed by atoms with Gasteiger partial charge < -0.3 is 15.3 Å². The fourth-order valence-corrected chi connectivity index (χ4v) is 1.74. The molecule has 80 valence electrons. The molecule has 0 heterocycles. The van der Waals surface area contributed by atoms with Crippen molar-refractivity contribution in [2.24, 2.45) is 0 Å². The first-order chi connectivity index (χ1) is 5.86. The van der Waals surface area contributed by atoms with E-state index < -0.39 is 17.7 Å². The zero-order valence-electron chi connectivity index (χ0n) is 8.01. The van der Waals surface area contributed by atoms with Crippen LogP contribution < -0.4 is 0 Å². The van der Waals surface area contributed by atoms with E-state index in [9.17, 15) is 10.2 Å². The van der Waals surface area contributed by atoms with Crippen molar-refractivity contribution in [2.45, 2.75) is 38.0 Å². The monoisotopic (exact) mass is 227 g/mol. The maximum absolute atomic E-state index is 9.72. The molecule has 0 aliphatic rings. The smallest absolute Gasteiger partial charge is 0.0983 e. The number of rotatable bonds is 5. The van der Waals surface area contributed by atoms with Gasteiger partial charge in [0.2, 0.25) is 0 Å². The molecule has 0 radical (unpaired) electrons. The summed E-state index contributed by atoms with van der Waals surface area (Å²) in [6.45, 7) is 3.28. The van der Waals surface area contributed by atoms with E-state index in [2.05, 4.69) is 18.8 Å². The highest BCUT2D eigenvalue weighted by Gasteiger charge is 2.37. The summed E-state index contributed by atoms with van der Waals surface area (Å²) in [5, 5.41) is 27.8. The summed E-state index contributed by atoms with van der Waals surface area (Å²) in [6, 6.07) is 0. The second-order valence-corrected chi connectivity index (χ2v) is 5.13. The Bertz CT molecular complexity index is 157. The Hall–Kier alpha value is 0.700. The van der Waals surface area contributed by atoms with Gasteiger partial charge in [-0.15, -0.1) is 0 Å². The number of aliphatic hydroxyl groups excluding tert-OH is 3. The highest BCUT2D eigenvalue weighted by atomic mass is 31.1. The van der Waals surface area contributed by atoms with Crippen LogP contribution in [0.25, 0.3) is 0 Å². The Balaban J connectivity index is 4.57. The molecule has 3 N–H and O–H groups in total. The normalized spacial score (nSPS) is 21.2. The molecule has 4 nitrogen and oxygen atoms in total. The summed E-state index contributed by atoms with van der Waals surface area (Å²) >= 11 is 0. The van der Waals surface area contributed by atoms with Crippen molar-refractivity contribution < 1.29 is 15.3 Å². The standard InChI is InChI=1S/C7H19NO3P2/c1-5(10)6(11)7(2,3-4-9)8(12)13/h5-6,9-11H,3-4,12-13H2,1-2H3/t5-,6+,7-/m0/s1. The zero-order chi connectivity index (χ0) is 10.6. The Morgan fingerprint density at radius 1 is 1.38 bits per heavy atom. The van der Waals surface area contributed by atoms with E-state index in [0.29, 0.717) is 6.42 Å². The number of hydrogen-bond acceptors (Lipinski definition) is 4. The van der Waals surface area contributed by atoms with Crippen LogP contribution in [0.4, 0.5) is 0 Å². The van der Waals surface area contributed by atoms with Gasteiger partial charge in [-0.25, -0.2) is 0 Å². The summed E-state index contributed by atoms with van der Waals surface area (Å²) in [7, 11) is 4.81. The lowest BCUT2D eigenvalue weighted by molar-refractivity contribution is -0.0424. The summed E-state index contributed by atoms with van der Waals surface area (Å²) < 4.78 is 1.65. The molecule has 0 amide bonds. The molecule has 0 aromatic rings. The van der Waals surface area contributed by atoms with Gasteiger partial charge in [0.05, 0.1) is 17.7 Å². The minimum absolute atomic E-state index is 0.0282. The maximum Gasteiger partial charge on any atom is 0.0983 e. The largest absolute Gasteiger partial charge is 0.396 e. The first-order valence-electron chi connectivity index (χ1n) is 4.13. The molecule has 0 aromatic carbocycles. The van der Waals surface area contributed by atoms with Crippen LogP contribution in [0.3, 0.4) is 0 Å². The van der Waals surface area contributed by atoms with Gasteiger partial charge in [0.15, 0.2) is 0 Å². The van der Waals surface area contributed by atoms with Crippen molar-refractivity contribution in [1.29, 1.82) is 0 Å². The molecular weight excluding hydrogens is 208 g/mol. The molecule has 0 saturated carbocycles. The first-order valence-corrected chi connectivity index (χ1v) is 5.16. The van der Waals surface area contributed by atoms with Crippen molar-refractivity contribution in [1.82, 2.24) is 4.44 Å². The van der Waals surface area contributed by atoms with Crippen LogP contribution in [-0.4, -0.2) is 44.1 Å². The van der Waals surface area contributed by atoms with Crippen LogP contribution in [-0.2, 0) is 0 Å². The van der Waals surface area contributed by atoms with Gasteiger partial charge in [-0.1, -0.05) is 18.8 Å². The van der Waals surface area contributed by atoms with E-state index >= 15 is 0 Å². The highest BCUT2D eigenvalue weighted by molar-refractivity contribution is 7.31. The molecule has 0 saturated heterocycles. The summed E-state index contributed by atoms with van der Waals surface area (Å²) in [6.07, 6.45) is -1.32. The van der Waals surface area contributed by atoms with E-state index in [1.165, 1.54) is 6.92 Å². The van der Waals surface area contributed by atoms with Gasteiger partial charge >= 0.3 is 0 Å². The molecule has 0 spiro atoms. The van der Waals surface area contributed by atoms with Gasteiger partial charge in [-0.3, -0.25) is 4.44 Å². The van der Waals surface area contributed by atoms with Gasteiger partial charge in [0, 0.05) is 6.61 Å². The molecule has 0 fully saturated rings. The summed E-state index contributed by atoms with van der Waals surface area (Å²) in [5.41, 5.74) is -0.655. The Morgan fingerprint density at radius 2 is 1.85 bits per heavy atom. The minimum Gasteiger partial charge on any atom is -0.396 e. The maximum atomic E-state index is 9.72. The van der Waals surface area contributed by atoms with Crippen molar-refractivity contribution in [2.75, 3.05) is 6.61 Å². The molecule has 5 atom stereocenters. The van der Waals surface area contributed by atoms with Crippen LogP contribution in [0.1, 0.15) is 20.3 Å². The van der Waals surface area contributed by atoms with Crippen LogP contribution in [0.2, 0.25) is 0 Å². The quantitative estimate of drug-likeness (QED) is 0.567. The molecule has 13 heavy (non-hydrogen) atoms. The van der Waals surface area contributed by atoms with Crippen molar-refractivity contribution in [3.05, 3.63) is 0 Å². The van der Waals surface area contributed by atoms with Crippen molar-refractivity contribution >= 4 is 18.8 Å². The summed E-state index contributed by atoms with van der Waals surface area (Å²) in [5.74, 6) is 0. The SMILES string of the molecule is C[C@H](O)[C@@H](O)[C@](C)(CCO)N(P)P. The lowest BCUT2D eigenvalue weighted by atomic mass is 9.89. The molecule has 6 heteroatoms. The molecule has 0 aromatic heterocycles. The fraction of sp³-hybridized carbons (Fsp3) is 1.00. The molecular formula is C7H19NO3P2. The topological polar surface area (TPSA) is 63.9 Å². The first kappa shape index (κ1) is 13.7. The molecule has 0 bridgehead atoms. The molecule has 2 unspecified atom stereocenters. The Kier molecular flexibility index (Phi) is 5.85. The van der Waals surface area contributed by atoms with E-state index in [1.807, 2.05) is 0 Å². The van der Waals surface area contributed by atoms with Crippen molar-refractivity contribution in [3.8, 4) is 0 Å². The second kappa shape index (κ2) is 5.55. The van der Waals surface area contributed by atoms with Gasteiger partial charge in [-0.2, -0.15) is 0 Å². The van der Waals surface area contributed by atoms with Crippen LogP contribution >= 0.6 is 18.8 Å². The van der Waals surface area contributed by atoms with Gasteiger partial charge in [0.1, 0.15) is 0 Å². The molecule has 0 rings (SSSR count). The third-order valence-corrected chi connectivity index (χ3v) is 3.48. The average Bonchev–Trinajstić information content (AvgIpc) is 2.02. The van der Waals surface area contributed by atoms with E-state index in [4.69, 9.17) is 5.11 Å². The second-order valence-electron chi connectivity index (χ2n) is 3.42. The lowest BCUT2D eigenvalue weighted by Gasteiger charge is -2.40.